The standard InChI is InChI=1S/C27H25Cl4N5O6S/c1-27(22(32)6-7-36(27)43(41,42)18-10-15(28)9-16(29)11-18)26(40)35-21(25(38)39)8-14-2-4-17(5-3-14)34-24(37)23-19(30)12-33-13-20(23)31/h2-5,9-13,21-22H,6-8,32H2,1H3,(H,34,37)(H,35,40)(H,38,39)/t21-,22+,27?/m0/s1. The summed E-state index contributed by atoms with van der Waals surface area (Å²) in [7, 11) is -4.30. The fourth-order valence-corrected chi connectivity index (χ4v) is 7.76. The van der Waals surface area contributed by atoms with Crippen LogP contribution in [0.1, 0.15) is 29.3 Å². The molecule has 3 atom stereocenters. The Hall–Kier alpha value is -2.97. The second-order valence-electron chi connectivity index (χ2n) is 9.92. The van der Waals surface area contributed by atoms with Crippen LogP contribution in [0.4, 0.5) is 5.69 Å². The smallest absolute Gasteiger partial charge is 0.326 e. The van der Waals surface area contributed by atoms with E-state index in [0.717, 1.165) is 4.31 Å². The van der Waals surface area contributed by atoms with Crippen molar-refractivity contribution in [2.75, 3.05) is 11.9 Å². The molecule has 0 bridgehead atoms. The molecule has 16 heteroatoms. The molecule has 1 fully saturated rings. The van der Waals surface area contributed by atoms with Crippen LogP contribution in [0, 0.1) is 0 Å². The van der Waals surface area contributed by atoms with Gasteiger partial charge in [0.2, 0.25) is 15.9 Å². The fourth-order valence-electron chi connectivity index (χ4n) is 4.70. The van der Waals surface area contributed by atoms with Crippen LogP contribution >= 0.6 is 46.4 Å². The Bertz CT molecular complexity index is 1650. The number of rotatable bonds is 9. The molecule has 1 saturated heterocycles. The summed E-state index contributed by atoms with van der Waals surface area (Å²) in [5.74, 6) is -2.79. The van der Waals surface area contributed by atoms with Crippen molar-refractivity contribution < 1.29 is 27.9 Å². The highest BCUT2D eigenvalue weighted by Crippen LogP contribution is 2.36. The highest BCUT2D eigenvalue weighted by atomic mass is 35.5. The zero-order valence-electron chi connectivity index (χ0n) is 22.4. The van der Waals surface area contributed by atoms with Crippen LogP contribution in [0.3, 0.4) is 0 Å². The predicted octanol–water partition coefficient (Wildman–Crippen LogP) is 4.24. The molecule has 1 unspecified atom stereocenters. The summed E-state index contributed by atoms with van der Waals surface area (Å²) in [6.07, 6.45) is 2.57. The van der Waals surface area contributed by atoms with Gasteiger partial charge in [-0.05, 0) is 49.2 Å². The molecular formula is C27H25Cl4N5O6S. The molecule has 0 saturated carbocycles. The number of nitrogens with one attached hydrogen (secondary N) is 2. The van der Waals surface area contributed by atoms with Crippen molar-refractivity contribution in [2.24, 2.45) is 5.73 Å². The minimum atomic E-state index is -4.30. The third-order valence-electron chi connectivity index (χ3n) is 7.10. The number of aromatic nitrogens is 1. The number of carbonyl (C=O) groups is 3. The molecule has 1 aliphatic heterocycles. The zero-order chi connectivity index (χ0) is 31.7. The number of nitrogens with two attached hydrogens (primary N) is 1. The molecule has 1 aromatic heterocycles. The first-order valence-electron chi connectivity index (χ1n) is 12.6. The first-order chi connectivity index (χ1) is 20.1. The van der Waals surface area contributed by atoms with Crippen LogP contribution in [-0.4, -0.2) is 64.8 Å². The van der Waals surface area contributed by atoms with Crippen LogP contribution in [0.15, 0.2) is 59.8 Å². The van der Waals surface area contributed by atoms with Gasteiger partial charge in [-0.15, -0.1) is 0 Å². The minimum Gasteiger partial charge on any atom is -0.480 e. The molecule has 2 heterocycles. The Morgan fingerprint density at radius 3 is 2.21 bits per heavy atom. The summed E-state index contributed by atoms with van der Waals surface area (Å²) in [4.78, 5) is 41.9. The Morgan fingerprint density at radius 2 is 1.65 bits per heavy atom. The molecule has 0 spiro atoms. The summed E-state index contributed by atoms with van der Waals surface area (Å²) in [5.41, 5.74) is 5.35. The van der Waals surface area contributed by atoms with Gasteiger partial charge in [-0.2, -0.15) is 4.31 Å². The van der Waals surface area contributed by atoms with Gasteiger partial charge >= 0.3 is 5.97 Å². The van der Waals surface area contributed by atoms with Crippen molar-refractivity contribution in [3.05, 3.63) is 86.1 Å². The molecule has 43 heavy (non-hydrogen) atoms. The maximum absolute atomic E-state index is 13.6. The van der Waals surface area contributed by atoms with Crippen LogP contribution in [0.5, 0.6) is 0 Å². The third kappa shape index (κ3) is 6.91. The number of nitrogens with zero attached hydrogens (tertiary/aromatic N) is 2. The van der Waals surface area contributed by atoms with Crippen molar-refractivity contribution in [3.63, 3.8) is 0 Å². The lowest BCUT2D eigenvalue weighted by Crippen LogP contribution is -2.64. The molecule has 5 N–H and O–H groups in total. The van der Waals surface area contributed by atoms with Gasteiger partial charge < -0.3 is 21.5 Å². The monoisotopic (exact) mass is 687 g/mol. The number of halogens is 4. The molecule has 4 rings (SSSR count). The van der Waals surface area contributed by atoms with E-state index < -0.39 is 45.4 Å². The minimum absolute atomic E-state index is 0.0456. The molecule has 11 nitrogen and oxygen atoms in total. The van der Waals surface area contributed by atoms with Crippen LogP contribution < -0.4 is 16.4 Å². The lowest BCUT2D eigenvalue weighted by molar-refractivity contribution is -0.143. The van der Waals surface area contributed by atoms with E-state index >= 15 is 0 Å². The Balaban J connectivity index is 1.51. The number of aliphatic carboxylic acids is 1. The quantitative estimate of drug-likeness (QED) is 0.259. The molecule has 1 aliphatic rings. The van der Waals surface area contributed by atoms with Gasteiger partial charge in [0, 0.05) is 47.1 Å². The summed E-state index contributed by atoms with van der Waals surface area (Å²) in [5, 5.41) is 15.3. The number of sulfonamides is 1. The molecule has 0 radical (unpaired) electrons. The van der Waals surface area contributed by atoms with Crippen LogP contribution in [0.2, 0.25) is 20.1 Å². The number of hydrogen-bond acceptors (Lipinski definition) is 7. The number of hydrogen-bond donors (Lipinski definition) is 4. The molecule has 0 aliphatic carbocycles. The summed E-state index contributed by atoms with van der Waals surface area (Å²) >= 11 is 24.1. The highest BCUT2D eigenvalue weighted by Gasteiger charge is 2.55. The van der Waals surface area contributed by atoms with E-state index in [1.807, 2.05) is 0 Å². The number of pyridine rings is 1. The van der Waals surface area contributed by atoms with E-state index in [-0.39, 0.29) is 49.9 Å². The van der Waals surface area contributed by atoms with Gasteiger partial charge in [0.05, 0.1) is 20.5 Å². The molecule has 2 amide bonds. The van der Waals surface area contributed by atoms with E-state index in [1.54, 1.807) is 12.1 Å². The first kappa shape index (κ1) is 32.9. The average molecular weight is 689 g/mol. The molecule has 228 valence electrons. The predicted molar refractivity (Wildman–Crippen MR) is 163 cm³/mol. The number of benzene rings is 2. The van der Waals surface area contributed by atoms with Crippen LogP contribution in [-0.2, 0) is 26.0 Å². The second kappa shape index (κ2) is 12.9. The van der Waals surface area contributed by atoms with Gasteiger partial charge in [0.25, 0.3) is 5.91 Å². The number of carboxylic acids is 1. The van der Waals surface area contributed by atoms with E-state index in [2.05, 4.69) is 15.6 Å². The second-order valence-corrected chi connectivity index (χ2v) is 13.5. The fraction of sp³-hybridized carbons (Fsp3) is 0.259. The normalized spacial score (nSPS) is 19.5. The Kier molecular flexibility index (Phi) is 9.92. The van der Waals surface area contributed by atoms with E-state index in [0.29, 0.717) is 11.3 Å². The van der Waals surface area contributed by atoms with Gasteiger partial charge in [-0.3, -0.25) is 14.6 Å². The van der Waals surface area contributed by atoms with E-state index in [1.165, 1.54) is 49.6 Å². The largest absolute Gasteiger partial charge is 0.480 e. The Morgan fingerprint density at radius 1 is 1.07 bits per heavy atom. The van der Waals surface area contributed by atoms with Gasteiger partial charge in [0.15, 0.2) is 0 Å². The van der Waals surface area contributed by atoms with Gasteiger partial charge in [-0.1, -0.05) is 58.5 Å². The number of carbonyl (C=O) groups excluding carboxylic acids is 2. The van der Waals surface area contributed by atoms with Gasteiger partial charge in [0.1, 0.15) is 11.6 Å². The third-order valence-corrected chi connectivity index (χ3v) is 10.1. The number of anilines is 1. The maximum atomic E-state index is 13.6. The SMILES string of the molecule is CC1(C(=O)N[C@@H](Cc2ccc(NC(=O)c3c(Cl)cncc3Cl)cc2)C(=O)O)[C@H](N)CCN1S(=O)(=O)c1cc(Cl)cc(Cl)c1. The Labute approximate surface area is 267 Å². The molecular weight excluding hydrogens is 664 g/mol. The van der Waals surface area contributed by atoms with Crippen molar-refractivity contribution >= 4 is 79.9 Å². The van der Waals surface area contributed by atoms with Crippen molar-refractivity contribution in [1.82, 2.24) is 14.6 Å². The summed E-state index contributed by atoms with van der Waals surface area (Å²) in [6.45, 7) is 1.26. The highest BCUT2D eigenvalue weighted by molar-refractivity contribution is 7.89. The first-order valence-corrected chi connectivity index (χ1v) is 15.6. The van der Waals surface area contributed by atoms with Crippen molar-refractivity contribution in [2.45, 2.75) is 42.3 Å². The topological polar surface area (TPSA) is 172 Å². The van der Waals surface area contributed by atoms with Crippen LogP contribution in [0.25, 0.3) is 0 Å². The zero-order valence-corrected chi connectivity index (χ0v) is 26.2. The van der Waals surface area contributed by atoms with Crippen molar-refractivity contribution in [1.29, 1.82) is 0 Å². The van der Waals surface area contributed by atoms with E-state index in [9.17, 15) is 27.9 Å². The summed E-state index contributed by atoms with van der Waals surface area (Å²) in [6, 6.07) is 7.62. The molecule has 3 aromatic rings. The lowest BCUT2D eigenvalue weighted by Gasteiger charge is -2.36. The van der Waals surface area contributed by atoms with Gasteiger partial charge in [-0.25, -0.2) is 13.2 Å². The van der Waals surface area contributed by atoms with E-state index in [4.69, 9.17) is 52.1 Å². The summed E-state index contributed by atoms with van der Waals surface area (Å²) < 4.78 is 28.1. The maximum Gasteiger partial charge on any atom is 0.326 e. The number of carboxylic acid groups (broad SMARTS) is 1. The number of amides is 2. The average Bonchev–Trinajstić information content (AvgIpc) is 3.24. The van der Waals surface area contributed by atoms with Crippen molar-refractivity contribution in [3.8, 4) is 0 Å². The molecule has 2 aromatic carbocycles. The lowest BCUT2D eigenvalue weighted by atomic mass is 9.93.